The van der Waals surface area contributed by atoms with Crippen molar-refractivity contribution in [3.05, 3.63) is 35.4 Å². The van der Waals surface area contributed by atoms with Gasteiger partial charge in [0.05, 0.1) is 12.6 Å². The molecule has 0 heterocycles. The minimum absolute atomic E-state index is 0.0894. The molecule has 1 unspecified atom stereocenters. The van der Waals surface area contributed by atoms with Gasteiger partial charge < -0.3 is 15.8 Å². The third kappa shape index (κ3) is 4.37. The Hall–Kier alpha value is -1.83. The number of ether oxygens (including phenoxy) is 1. The van der Waals surface area contributed by atoms with Crippen LogP contribution in [-0.2, 0) is 9.53 Å². The smallest absolute Gasteiger partial charge is 0.252 e. The zero-order valence-electron chi connectivity index (χ0n) is 12.5. The Kier molecular flexibility index (Phi) is 5.75. The Morgan fingerprint density at radius 3 is 2.50 bits per heavy atom. The molecule has 0 aliphatic heterocycles. The van der Waals surface area contributed by atoms with Crippen LogP contribution in [0.4, 0.5) is 0 Å². The molecule has 1 atom stereocenters. The highest BCUT2D eigenvalue weighted by Gasteiger charge is 2.28. The first kappa shape index (κ1) is 16.2. The molecule has 0 radical (unpaired) electrons. The van der Waals surface area contributed by atoms with Crippen LogP contribution in [0.2, 0.25) is 0 Å². The molecule has 0 fully saturated rings. The fourth-order valence-corrected chi connectivity index (χ4v) is 1.55. The van der Waals surface area contributed by atoms with Crippen molar-refractivity contribution >= 4 is 5.91 Å². The molecule has 4 heteroatoms. The van der Waals surface area contributed by atoms with Crippen molar-refractivity contribution < 1.29 is 9.53 Å². The van der Waals surface area contributed by atoms with E-state index in [0.29, 0.717) is 6.54 Å². The SMILES string of the molecule is COC(C)(C)C(=O)NC(C)c1ccc(C#CCN)cc1. The summed E-state index contributed by atoms with van der Waals surface area (Å²) >= 11 is 0. The summed E-state index contributed by atoms with van der Waals surface area (Å²) in [6.07, 6.45) is 0. The highest BCUT2D eigenvalue weighted by Crippen LogP contribution is 2.15. The molecule has 1 amide bonds. The summed E-state index contributed by atoms with van der Waals surface area (Å²) in [5.74, 6) is 5.63. The third-order valence-electron chi connectivity index (χ3n) is 3.15. The van der Waals surface area contributed by atoms with Gasteiger partial charge in [-0.25, -0.2) is 0 Å². The van der Waals surface area contributed by atoms with E-state index < -0.39 is 5.60 Å². The van der Waals surface area contributed by atoms with E-state index in [-0.39, 0.29) is 11.9 Å². The van der Waals surface area contributed by atoms with Crippen LogP contribution in [-0.4, -0.2) is 25.2 Å². The Balaban J connectivity index is 2.73. The Morgan fingerprint density at radius 1 is 1.40 bits per heavy atom. The minimum Gasteiger partial charge on any atom is -0.369 e. The second-order valence-corrected chi connectivity index (χ2v) is 5.04. The van der Waals surface area contributed by atoms with Gasteiger partial charge in [-0.15, -0.1) is 0 Å². The summed E-state index contributed by atoms with van der Waals surface area (Å²) in [5, 5.41) is 2.93. The van der Waals surface area contributed by atoms with Gasteiger partial charge in [0.25, 0.3) is 5.91 Å². The standard InChI is InChI=1S/C16H22N2O2/c1-12(18-15(19)16(2,3)20-4)14-9-7-13(8-10-14)6-5-11-17/h7-10,12H,11,17H2,1-4H3,(H,18,19). The van der Waals surface area contributed by atoms with E-state index in [9.17, 15) is 4.79 Å². The van der Waals surface area contributed by atoms with Crippen molar-refractivity contribution in [1.29, 1.82) is 0 Å². The number of amides is 1. The predicted molar refractivity (Wildman–Crippen MR) is 80.0 cm³/mol. The van der Waals surface area contributed by atoms with Crippen LogP contribution in [0.3, 0.4) is 0 Å². The summed E-state index contributed by atoms with van der Waals surface area (Å²) in [6, 6.07) is 7.65. The molecule has 0 spiro atoms. The molecule has 1 aromatic rings. The number of hydrogen-bond donors (Lipinski definition) is 2. The lowest BCUT2D eigenvalue weighted by molar-refractivity contribution is -0.140. The number of carbonyl (C=O) groups is 1. The molecule has 0 aromatic heterocycles. The number of benzene rings is 1. The van der Waals surface area contributed by atoms with Gasteiger partial charge in [-0.3, -0.25) is 4.79 Å². The average Bonchev–Trinajstić information content (AvgIpc) is 2.45. The lowest BCUT2D eigenvalue weighted by Gasteiger charge is -2.24. The second-order valence-electron chi connectivity index (χ2n) is 5.04. The van der Waals surface area contributed by atoms with E-state index in [1.165, 1.54) is 7.11 Å². The van der Waals surface area contributed by atoms with Crippen LogP contribution >= 0.6 is 0 Å². The average molecular weight is 274 g/mol. The van der Waals surface area contributed by atoms with Crippen LogP contribution < -0.4 is 11.1 Å². The molecular weight excluding hydrogens is 252 g/mol. The summed E-state index contributed by atoms with van der Waals surface area (Å²) < 4.78 is 5.16. The predicted octanol–water partition coefficient (Wildman–Crippen LogP) is 1.60. The first-order chi connectivity index (χ1) is 9.40. The topological polar surface area (TPSA) is 64.3 Å². The largest absolute Gasteiger partial charge is 0.369 e. The molecule has 0 aliphatic carbocycles. The van der Waals surface area contributed by atoms with Gasteiger partial charge in [-0.2, -0.15) is 0 Å². The van der Waals surface area contributed by atoms with E-state index in [0.717, 1.165) is 11.1 Å². The first-order valence-electron chi connectivity index (χ1n) is 6.55. The fraction of sp³-hybridized carbons (Fsp3) is 0.438. The van der Waals surface area contributed by atoms with E-state index in [1.54, 1.807) is 13.8 Å². The monoisotopic (exact) mass is 274 g/mol. The fourth-order valence-electron chi connectivity index (χ4n) is 1.55. The van der Waals surface area contributed by atoms with Crippen molar-refractivity contribution in [3.8, 4) is 11.8 Å². The maximum atomic E-state index is 12.0. The van der Waals surface area contributed by atoms with Crippen molar-refractivity contribution in [2.45, 2.75) is 32.4 Å². The molecule has 20 heavy (non-hydrogen) atoms. The van der Waals surface area contributed by atoms with Gasteiger partial charge >= 0.3 is 0 Å². The molecule has 4 nitrogen and oxygen atoms in total. The lowest BCUT2D eigenvalue weighted by Crippen LogP contribution is -2.44. The maximum absolute atomic E-state index is 12.0. The molecule has 0 bridgehead atoms. The van der Waals surface area contributed by atoms with E-state index in [4.69, 9.17) is 10.5 Å². The van der Waals surface area contributed by atoms with Gasteiger partial charge in [0, 0.05) is 12.7 Å². The number of rotatable bonds is 4. The molecule has 0 saturated heterocycles. The Bertz CT molecular complexity index is 510. The normalized spacial score (nSPS) is 12.2. The van der Waals surface area contributed by atoms with Gasteiger partial charge in [0.15, 0.2) is 0 Å². The number of nitrogens with one attached hydrogen (secondary N) is 1. The highest BCUT2D eigenvalue weighted by atomic mass is 16.5. The molecule has 1 rings (SSSR count). The highest BCUT2D eigenvalue weighted by molar-refractivity contribution is 5.84. The zero-order valence-corrected chi connectivity index (χ0v) is 12.5. The molecule has 0 saturated carbocycles. The van der Waals surface area contributed by atoms with Gasteiger partial charge in [-0.05, 0) is 38.5 Å². The van der Waals surface area contributed by atoms with Crippen molar-refractivity contribution in [3.63, 3.8) is 0 Å². The number of hydrogen-bond acceptors (Lipinski definition) is 3. The van der Waals surface area contributed by atoms with Crippen LogP contribution in [0.25, 0.3) is 0 Å². The Labute approximate surface area is 120 Å². The quantitative estimate of drug-likeness (QED) is 0.820. The maximum Gasteiger partial charge on any atom is 0.252 e. The van der Waals surface area contributed by atoms with E-state index in [2.05, 4.69) is 17.2 Å². The first-order valence-corrected chi connectivity index (χ1v) is 6.55. The van der Waals surface area contributed by atoms with Crippen molar-refractivity contribution in [1.82, 2.24) is 5.32 Å². The summed E-state index contributed by atoms with van der Waals surface area (Å²) in [7, 11) is 1.52. The summed E-state index contributed by atoms with van der Waals surface area (Å²) in [6.45, 7) is 5.76. The zero-order chi connectivity index (χ0) is 15.2. The van der Waals surface area contributed by atoms with Gasteiger partial charge in [0.2, 0.25) is 0 Å². The van der Waals surface area contributed by atoms with Crippen molar-refractivity contribution in [2.24, 2.45) is 5.73 Å². The Morgan fingerprint density at radius 2 is 2.00 bits per heavy atom. The number of methoxy groups -OCH3 is 1. The van der Waals surface area contributed by atoms with Crippen molar-refractivity contribution in [2.75, 3.05) is 13.7 Å². The van der Waals surface area contributed by atoms with Crippen LogP contribution in [0, 0.1) is 11.8 Å². The lowest BCUT2D eigenvalue weighted by atomic mass is 10.0. The molecule has 0 aliphatic rings. The molecular formula is C16H22N2O2. The van der Waals surface area contributed by atoms with E-state index in [1.807, 2.05) is 31.2 Å². The van der Waals surface area contributed by atoms with Gasteiger partial charge in [-0.1, -0.05) is 24.0 Å². The minimum atomic E-state index is -0.833. The summed E-state index contributed by atoms with van der Waals surface area (Å²) in [4.78, 5) is 12.0. The molecule has 108 valence electrons. The van der Waals surface area contributed by atoms with Crippen LogP contribution in [0.1, 0.15) is 37.9 Å². The summed E-state index contributed by atoms with van der Waals surface area (Å²) in [5.41, 5.74) is 6.43. The molecule has 1 aromatic carbocycles. The van der Waals surface area contributed by atoms with Gasteiger partial charge in [0.1, 0.15) is 5.60 Å². The number of carbonyl (C=O) groups excluding carboxylic acids is 1. The van der Waals surface area contributed by atoms with Crippen LogP contribution in [0.15, 0.2) is 24.3 Å². The van der Waals surface area contributed by atoms with E-state index >= 15 is 0 Å². The second kappa shape index (κ2) is 7.09. The third-order valence-corrected chi connectivity index (χ3v) is 3.15. The van der Waals surface area contributed by atoms with Crippen LogP contribution in [0.5, 0.6) is 0 Å². The molecule has 3 N–H and O–H groups in total. The number of nitrogens with two attached hydrogens (primary N) is 1.